The number of halogens is 1. The first-order valence-electron chi connectivity index (χ1n) is 13.6. The smallest absolute Gasteiger partial charge is 0.123 e. The second-order valence-corrected chi connectivity index (χ2v) is 14.0. The normalized spacial score (nSPS) is 26.6. The Morgan fingerprint density at radius 2 is 1.48 bits per heavy atom. The van der Waals surface area contributed by atoms with Crippen LogP contribution >= 0.6 is 0 Å². The van der Waals surface area contributed by atoms with E-state index in [0.717, 1.165) is 17.6 Å². The highest BCUT2D eigenvalue weighted by molar-refractivity contribution is 6.58. The lowest BCUT2D eigenvalue weighted by atomic mass is 9.77. The van der Waals surface area contributed by atoms with Gasteiger partial charge < -0.3 is 4.74 Å². The number of alkyl halides is 1. The lowest BCUT2D eigenvalue weighted by Gasteiger charge is -2.30. The minimum absolute atomic E-state index is 0.159. The van der Waals surface area contributed by atoms with E-state index in [2.05, 4.69) is 19.1 Å². The van der Waals surface area contributed by atoms with Gasteiger partial charge in [-0.3, -0.25) is 0 Å². The molecular formula is C28H47FOSi. The predicted molar refractivity (Wildman–Crippen MR) is 135 cm³/mol. The SMILES string of the molecule is CCCCC[SiH]1CCC(CCCC[C@H]2CC[C@H](c3ccc(OCCF)cc3)CC2)CC1. The molecule has 1 aromatic carbocycles. The maximum Gasteiger partial charge on any atom is 0.123 e. The van der Waals surface area contributed by atoms with E-state index >= 15 is 0 Å². The molecule has 0 atom stereocenters. The lowest BCUT2D eigenvalue weighted by Crippen LogP contribution is -2.21. The Balaban J connectivity index is 1.23. The minimum atomic E-state index is -0.423. The van der Waals surface area contributed by atoms with Crippen LogP contribution in [0.25, 0.3) is 0 Å². The molecule has 1 aliphatic heterocycles. The minimum Gasteiger partial charge on any atom is -0.491 e. The highest BCUT2D eigenvalue weighted by atomic mass is 28.3. The molecule has 1 saturated heterocycles. The Hall–Kier alpha value is -0.833. The van der Waals surface area contributed by atoms with E-state index in [0.29, 0.717) is 5.92 Å². The van der Waals surface area contributed by atoms with E-state index in [-0.39, 0.29) is 15.4 Å². The van der Waals surface area contributed by atoms with Crippen LogP contribution in [-0.4, -0.2) is 22.1 Å². The Bertz CT molecular complexity index is 573. The molecule has 176 valence electrons. The van der Waals surface area contributed by atoms with E-state index in [4.69, 9.17) is 4.74 Å². The zero-order chi connectivity index (χ0) is 21.7. The second-order valence-electron chi connectivity index (χ2n) is 10.5. The summed E-state index contributed by atoms with van der Waals surface area (Å²) in [6, 6.07) is 13.4. The fourth-order valence-corrected chi connectivity index (χ4v) is 9.75. The van der Waals surface area contributed by atoms with E-state index in [1.165, 1.54) is 76.2 Å². The van der Waals surface area contributed by atoms with E-state index in [1.807, 2.05) is 12.1 Å². The Morgan fingerprint density at radius 3 is 2.10 bits per heavy atom. The van der Waals surface area contributed by atoms with Gasteiger partial charge in [0.25, 0.3) is 0 Å². The summed E-state index contributed by atoms with van der Waals surface area (Å²) in [5, 5.41) is 0. The maximum atomic E-state index is 12.2. The van der Waals surface area contributed by atoms with Crippen molar-refractivity contribution in [2.45, 2.75) is 114 Å². The third kappa shape index (κ3) is 8.90. The van der Waals surface area contributed by atoms with Crippen molar-refractivity contribution in [3.8, 4) is 5.75 Å². The van der Waals surface area contributed by atoms with Crippen LogP contribution in [0.2, 0.25) is 18.1 Å². The van der Waals surface area contributed by atoms with Crippen molar-refractivity contribution in [3.63, 3.8) is 0 Å². The zero-order valence-electron chi connectivity index (χ0n) is 20.1. The lowest BCUT2D eigenvalue weighted by molar-refractivity contribution is 0.273. The molecule has 0 unspecified atom stereocenters. The van der Waals surface area contributed by atoms with Gasteiger partial charge in [-0.25, -0.2) is 4.39 Å². The summed E-state index contributed by atoms with van der Waals surface area (Å²) < 4.78 is 17.6. The van der Waals surface area contributed by atoms with E-state index < -0.39 is 6.67 Å². The van der Waals surface area contributed by atoms with Gasteiger partial charge in [-0.2, -0.15) is 0 Å². The van der Waals surface area contributed by atoms with E-state index in [1.54, 1.807) is 31.0 Å². The topological polar surface area (TPSA) is 9.23 Å². The summed E-state index contributed by atoms with van der Waals surface area (Å²) in [6.45, 7) is 2.07. The monoisotopic (exact) mass is 446 g/mol. The van der Waals surface area contributed by atoms with Crippen molar-refractivity contribution in [2.24, 2.45) is 11.8 Å². The van der Waals surface area contributed by atoms with Crippen LogP contribution in [0.15, 0.2) is 24.3 Å². The standard InChI is InChI=1S/C28H47FOSi/c1-2-3-6-21-31-22-17-25(18-23-31)8-5-4-7-24-9-11-26(12-10-24)27-13-15-28(16-14-27)30-20-19-29/h13-16,24-26,31H,2-12,17-23H2,1H3/t24-,25?,26-,31?. The third-order valence-electron chi connectivity index (χ3n) is 8.20. The largest absolute Gasteiger partial charge is 0.491 e. The van der Waals surface area contributed by atoms with Crippen molar-refractivity contribution >= 4 is 8.80 Å². The molecule has 1 saturated carbocycles. The van der Waals surface area contributed by atoms with Crippen LogP contribution in [0.1, 0.15) is 102 Å². The number of benzene rings is 1. The Kier molecular flexibility index (Phi) is 11.5. The van der Waals surface area contributed by atoms with Crippen molar-refractivity contribution in [1.29, 1.82) is 0 Å². The molecule has 1 heterocycles. The van der Waals surface area contributed by atoms with Crippen LogP contribution in [-0.2, 0) is 0 Å². The van der Waals surface area contributed by atoms with Gasteiger partial charge in [-0.15, -0.1) is 0 Å². The molecule has 2 aliphatic rings. The van der Waals surface area contributed by atoms with Crippen LogP contribution < -0.4 is 4.74 Å². The number of ether oxygens (including phenoxy) is 1. The van der Waals surface area contributed by atoms with Crippen molar-refractivity contribution in [1.82, 2.24) is 0 Å². The summed E-state index contributed by atoms with van der Waals surface area (Å²) in [5.41, 5.74) is 1.44. The molecule has 0 aromatic heterocycles. The fraction of sp³-hybridized carbons (Fsp3) is 0.786. The maximum absolute atomic E-state index is 12.2. The molecule has 3 rings (SSSR count). The molecular weight excluding hydrogens is 399 g/mol. The fourth-order valence-electron chi connectivity index (χ4n) is 6.13. The van der Waals surface area contributed by atoms with Gasteiger partial charge >= 0.3 is 0 Å². The average Bonchev–Trinajstić information content (AvgIpc) is 2.82. The van der Waals surface area contributed by atoms with Crippen molar-refractivity contribution < 1.29 is 9.13 Å². The van der Waals surface area contributed by atoms with Gasteiger partial charge in [-0.1, -0.05) is 95.0 Å². The average molecular weight is 447 g/mol. The summed E-state index contributed by atoms with van der Waals surface area (Å²) >= 11 is 0. The molecule has 0 bridgehead atoms. The predicted octanol–water partition coefficient (Wildman–Crippen LogP) is 8.70. The molecule has 0 amide bonds. The summed E-state index contributed by atoms with van der Waals surface area (Å²) in [7, 11) is -0.323. The first kappa shape index (κ1) is 24.8. The molecule has 0 spiro atoms. The number of rotatable bonds is 13. The number of hydrogen-bond acceptors (Lipinski definition) is 1. The first-order chi connectivity index (χ1) is 15.3. The Labute approximate surface area is 193 Å². The molecule has 1 aliphatic carbocycles. The quantitative estimate of drug-likeness (QED) is 0.217. The molecule has 1 aromatic rings. The zero-order valence-corrected chi connectivity index (χ0v) is 21.3. The van der Waals surface area contributed by atoms with Gasteiger partial charge in [0.15, 0.2) is 0 Å². The van der Waals surface area contributed by atoms with Crippen LogP contribution in [0, 0.1) is 11.8 Å². The molecule has 2 fully saturated rings. The number of hydrogen-bond donors (Lipinski definition) is 0. The van der Waals surface area contributed by atoms with Crippen LogP contribution in [0.4, 0.5) is 4.39 Å². The molecule has 0 N–H and O–H groups in total. The third-order valence-corrected chi connectivity index (χ3v) is 11.7. The highest BCUT2D eigenvalue weighted by Crippen LogP contribution is 2.38. The summed E-state index contributed by atoms with van der Waals surface area (Å²) in [4.78, 5) is 0. The second kappa shape index (κ2) is 14.3. The van der Waals surface area contributed by atoms with Gasteiger partial charge in [-0.05, 0) is 61.1 Å². The molecule has 31 heavy (non-hydrogen) atoms. The highest BCUT2D eigenvalue weighted by Gasteiger charge is 2.23. The van der Waals surface area contributed by atoms with Gasteiger partial charge in [0.05, 0.1) is 0 Å². The van der Waals surface area contributed by atoms with Crippen LogP contribution in [0.5, 0.6) is 5.75 Å². The molecule has 1 nitrogen and oxygen atoms in total. The number of unbranched alkanes of at least 4 members (excludes halogenated alkanes) is 3. The molecule has 0 radical (unpaired) electrons. The van der Waals surface area contributed by atoms with Crippen molar-refractivity contribution in [2.75, 3.05) is 13.3 Å². The van der Waals surface area contributed by atoms with Gasteiger partial charge in [0, 0.05) is 8.80 Å². The van der Waals surface area contributed by atoms with Crippen molar-refractivity contribution in [3.05, 3.63) is 29.8 Å². The Morgan fingerprint density at radius 1 is 0.839 bits per heavy atom. The summed E-state index contributed by atoms with van der Waals surface area (Å²) in [5.74, 6) is 3.54. The van der Waals surface area contributed by atoms with Crippen LogP contribution in [0.3, 0.4) is 0 Å². The van der Waals surface area contributed by atoms with Gasteiger partial charge in [0.2, 0.25) is 0 Å². The summed E-state index contributed by atoms with van der Waals surface area (Å²) in [6.07, 6.45) is 18.9. The molecule has 3 heteroatoms. The van der Waals surface area contributed by atoms with E-state index in [9.17, 15) is 4.39 Å². The van der Waals surface area contributed by atoms with Gasteiger partial charge in [0.1, 0.15) is 19.0 Å². The first-order valence-corrected chi connectivity index (χ1v) is 16.0.